The average molecular weight is 385 g/mol. The monoisotopic (exact) mass is 385 g/mol. The van der Waals surface area contributed by atoms with E-state index in [0.29, 0.717) is 36.1 Å². The number of hydrogen-bond acceptors (Lipinski definition) is 5. The van der Waals surface area contributed by atoms with Gasteiger partial charge < -0.3 is 23.8 Å². The van der Waals surface area contributed by atoms with E-state index in [0.717, 1.165) is 5.56 Å². The van der Waals surface area contributed by atoms with Crippen molar-refractivity contribution in [1.29, 1.82) is 0 Å². The Morgan fingerprint density at radius 1 is 0.964 bits per heavy atom. The smallest absolute Gasteiger partial charge is 0.260 e. The number of ether oxygens (including phenoxy) is 4. The van der Waals surface area contributed by atoms with Gasteiger partial charge in [-0.05, 0) is 35.4 Å². The van der Waals surface area contributed by atoms with Crippen molar-refractivity contribution in [3.8, 4) is 23.0 Å². The molecule has 0 unspecified atom stereocenters. The van der Waals surface area contributed by atoms with E-state index in [1.165, 1.54) is 5.56 Å². The van der Waals surface area contributed by atoms with E-state index in [2.05, 4.69) is 13.8 Å². The summed E-state index contributed by atoms with van der Waals surface area (Å²) < 4.78 is 21.9. The average Bonchev–Trinajstić information content (AvgIpc) is 2.70. The van der Waals surface area contributed by atoms with E-state index in [9.17, 15) is 4.79 Å². The third kappa shape index (κ3) is 3.86. The van der Waals surface area contributed by atoms with Gasteiger partial charge in [-0.25, -0.2) is 0 Å². The molecule has 28 heavy (non-hydrogen) atoms. The fraction of sp³-hybridized carbons (Fsp3) is 0.409. The predicted octanol–water partition coefficient (Wildman–Crippen LogP) is 3.41. The van der Waals surface area contributed by atoms with Crippen LogP contribution in [0.5, 0.6) is 23.0 Å². The maximum absolute atomic E-state index is 12.9. The number of methoxy groups -OCH3 is 3. The van der Waals surface area contributed by atoms with Crippen LogP contribution in [-0.4, -0.2) is 45.3 Å². The molecule has 0 aromatic heterocycles. The van der Waals surface area contributed by atoms with Crippen LogP contribution in [0, 0.1) is 0 Å². The Morgan fingerprint density at radius 2 is 1.57 bits per heavy atom. The van der Waals surface area contributed by atoms with Crippen LogP contribution < -0.4 is 18.9 Å². The molecule has 3 rings (SSSR count). The second kappa shape index (κ2) is 8.00. The molecule has 1 aliphatic rings. The van der Waals surface area contributed by atoms with Crippen molar-refractivity contribution in [2.45, 2.75) is 25.8 Å². The Hall–Kier alpha value is -2.89. The van der Waals surface area contributed by atoms with Crippen LogP contribution in [0.15, 0.2) is 36.4 Å². The second-order valence-corrected chi connectivity index (χ2v) is 7.44. The topological polar surface area (TPSA) is 57.2 Å². The first-order valence-electron chi connectivity index (χ1n) is 9.18. The Kier molecular flexibility index (Phi) is 5.68. The molecule has 0 aliphatic carbocycles. The molecule has 6 nitrogen and oxygen atoms in total. The van der Waals surface area contributed by atoms with Crippen LogP contribution in [-0.2, 0) is 16.8 Å². The van der Waals surface area contributed by atoms with E-state index in [-0.39, 0.29) is 17.9 Å². The molecule has 2 aromatic carbocycles. The maximum atomic E-state index is 12.9. The van der Waals surface area contributed by atoms with E-state index in [4.69, 9.17) is 18.9 Å². The lowest BCUT2D eigenvalue weighted by molar-refractivity contribution is -0.135. The van der Waals surface area contributed by atoms with Gasteiger partial charge >= 0.3 is 0 Å². The first-order chi connectivity index (χ1) is 13.4. The molecule has 0 bridgehead atoms. The summed E-state index contributed by atoms with van der Waals surface area (Å²) in [5.41, 5.74) is 2.01. The first-order valence-corrected chi connectivity index (χ1v) is 9.18. The summed E-state index contributed by atoms with van der Waals surface area (Å²) in [5.74, 6) is 2.46. The lowest BCUT2D eigenvalue weighted by Gasteiger charge is -2.40. The Morgan fingerprint density at radius 3 is 2.21 bits per heavy atom. The molecule has 0 saturated carbocycles. The summed E-state index contributed by atoms with van der Waals surface area (Å²) in [7, 11) is 4.82. The van der Waals surface area contributed by atoms with Gasteiger partial charge in [-0.1, -0.05) is 26.0 Å². The Balaban J connectivity index is 1.78. The number of para-hydroxylation sites is 2. The highest BCUT2D eigenvalue weighted by Crippen LogP contribution is 2.40. The van der Waals surface area contributed by atoms with Crippen molar-refractivity contribution in [1.82, 2.24) is 4.90 Å². The molecular formula is C22H27NO5. The first kappa shape index (κ1) is 19.9. The quantitative estimate of drug-likeness (QED) is 0.763. The number of carbonyl (C=O) groups is 1. The lowest BCUT2D eigenvalue weighted by Crippen LogP contribution is -2.46. The van der Waals surface area contributed by atoms with E-state index in [1.54, 1.807) is 33.5 Å². The summed E-state index contributed by atoms with van der Waals surface area (Å²) in [6, 6.07) is 11.3. The molecular weight excluding hydrogens is 358 g/mol. The van der Waals surface area contributed by atoms with Crippen molar-refractivity contribution in [2.24, 2.45) is 0 Å². The highest BCUT2D eigenvalue weighted by Gasteiger charge is 2.35. The third-order valence-electron chi connectivity index (χ3n) is 5.06. The molecule has 1 heterocycles. The number of rotatable bonds is 6. The molecule has 2 aromatic rings. The van der Waals surface area contributed by atoms with Crippen molar-refractivity contribution >= 4 is 5.91 Å². The van der Waals surface area contributed by atoms with Crippen molar-refractivity contribution in [3.05, 3.63) is 47.5 Å². The minimum atomic E-state index is -0.215. The van der Waals surface area contributed by atoms with Crippen LogP contribution in [0.25, 0.3) is 0 Å². The highest BCUT2D eigenvalue weighted by molar-refractivity contribution is 5.78. The summed E-state index contributed by atoms with van der Waals surface area (Å²) in [6.07, 6.45) is 0. The lowest BCUT2D eigenvalue weighted by atomic mass is 9.78. The van der Waals surface area contributed by atoms with Crippen LogP contribution in [0.2, 0.25) is 0 Å². The Labute approximate surface area is 166 Å². The molecule has 1 aliphatic heterocycles. The largest absolute Gasteiger partial charge is 0.493 e. The third-order valence-corrected chi connectivity index (χ3v) is 5.06. The van der Waals surface area contributed by atoms with Crippen LogP contribution >= 0.6 is 0 Å². The number of fused-ring (bicyclic) bond motifs is 1. The van der Waals surface area contributed by atoms with E-state index < -0.39 is 0 Å². The van der Waals surface area contributed by atoms with Gasteiger partial charge in [-0.15, -0.1) is 0 Å². The fourth-order valence-corrected chi connectivity index (χ4v) is 3.65. The Bertz CT molecular complexity index is 862. The molecule has 0 atom stereocenters. The summed E-state index contributed by atoms with van der Waals surface area (Å²) in [5, 5.41) is 0. The van der Waals surface area contributed by atoms with Gasteiger partial charge in [0.25, 0.3) is 5.91 Å². The van der Waals surface area contributed by atoms with Gasteiger partial charge in [0.1, 0.15) is 0 Å². The molecule has 1 amide bonds. The zero-order chi connectivity index (χ0) is 20.3. The van der Waals surface area contributed by atoms with Gasteiger partial charge in [0.2, 0.25) is 0 Å². The highest BCUT2D eigenvalue weighted by atomic mass is 16.5. The van der Waals surface area contributed by atoms with Crippen LogP contribution in [0.1, 0.15) is 25.0 Å². The zero-order valence-corrected chi connectivity index (χ0v) is 17.1. The maximum Gasteiger partial charge on any atom is 0.260 e. The van der Waals surface area contributed by atoms with Gasteiger partial charge in [0, 0.05) is 18.5 Å². The van der Waals surface area contributed by atoms with Crippen molar-refractivity contribution in [2.75, 3.05) is 34.5 Å². The number of hydrogen-bond donors (Lipinski definition) is 0. The predicted molar refractivity (Wildman–Crippen MR) is 106 cm³/mol. The van der Waals surface area contributed by atoms with Gasteiger partial charge in [0.05, 0.1) is 21.3 Å². The second-order valence-electron chi connectivity index (χ2n) is 7.44. The molecule has 0 fully saturated rings. The molecule has 0 N–H and O–H groups in total. The van der Waals surface area contributed by atoms with Crippen molar-refractivity contribution in [3.63, 3.8) is 0 Å². The molecule has 0 saturated heterocycles. The minimum Gasteiger partial charge on any atom is -0.493 e. The number of carbonyl (C=O) groups excluding carboxylic acids is 1. The zero-order valence-electron chi connectivity index (χ0n) is 17.1. The molecule has 0 spiro atoms. The van der Waals surface area contributed by atoms with Crippen LogP contribution in [0.4, 0.5) is 0 Å². The van der Waals surface area contributed by atoms with Crippen LogP contribution in [0.3, 0.4) is 0 Å². The summed E-state index contributed by atoms with van der Waals surface area (Å²) in [4.78, 5) is 14.7. The van der Waals surface area contributed by atoms with E-state index >= 15 is 0 Å². The SMILES string of the molecule is COc1cc2c(cc1OC)C(C)(C)CN(C(=O)COc1ccccc1OC)C2. The summed E-state index contributed by atoms with van der Waals surface area (Å²) in [6.45, 7) is 5.31. The van der Waals surface area contributed by atoms with E-state index in [1.807, 2.05) is 29.2 Å². The minimum absolute atomic E-state index is 0.0426. The van der Waals surface area contributed by atoms with Gasteiger partial charge in [0.15, 0.2) is 29.6 Å². The van der Waals surface area contributed by atoms with Gasteiger partial charge in [-0.3, -0.25) is 4.79 Å². The molecule has 0 radical (unpaired) electrons. The normalized spacial score (nSPS) is 14.8. The molecule has 150 valence electrons. The number of amides is 1. The number of benzene rings is 2. The molecule has 6 heteroatoms. The fourth-order valence-electron chi connectivity index (χ4n) is 3.65. The summed E-state index contributed by atoms with van der Waals surface area (Å²) >= 11 is 0. The standard InChI is InChI=1S/C22H27NO5/c1-22(2)14-23(12-15-10-19(26-4)20(27-5)11-16(15)22)21(24)13-28-18-9-7-6-8-17(18)25-3/h6-11H,12-14H2,1-5H3. The van der Waals surface area contributed by atoms with Gasteiger partial charge in [-0.2, -0.15) is 0 Å². The van der Waals surface area contributed by atoms with Crippen molar-refractivity contribution < 1.29 is 23.7 Å². The number of nitrogens with zero attached hydrogens (tertiary/aromatic N) is 1.